The number of methoxy groups -OCH3 is 2. The lowest BCUT2D eigenvalue weighted by Crippen LogP contribution is -2.45. The number of carbonyl (C=O) groups excluding carboxylic acids is 2. The van der Waals surface area contributed by atoms with Crippen LogP contribution in [0.25, 0.3) is 6.08 Å². The van der Waals surface area contributed by atoms with E-state index in [1.165, 1.54) is 32.4 Å². The molecule has 2 aromatic carbocycles. The first kappa shape index (κ1) is 22.6. The Balaban J connectivity index is 1.71. The van der Waals surface area contributed by atoms with Crippen molar-refractivity contribution in [1.29, 1.82) is 0 Å². The molecule has 0 saturated carbocycles. The Bertz CT molecular complexity index is 1080. The van der Waals surface area contributed by atoms with Gasteiger partial charge in [0.1, 0.15) is 29.0 Å². The summed E-state index contributed by atoms with van der Waals surface area (Å²) in [4.78, 5) is 35.3. The number of rotatable bonds is 9. The van der Waals surface area contributed by atoms with Gasteiger partial charge in [-0.25, -0.2) is 4.79 Å². The lowest BCUT2D eigenvalue weighted by Gasteiger charge is -2.12. The van der Waals surface area contributed by atoms with Gasteiger partial charge in [-0.3, -0.25) is 9.59 Å². The van der Waals surface area contributed by atoms with Crippen LogP contribution in [0, 0.1) is 0 Å². The van der Waals surface area contributed by atoms with Crippen molar-refractivity contribution in [2.24, 2.45) is 0 Å². The lowest BCUT2D eigenvalue weighted by atomic mass is 10.1. The summed E-state index contributed by atoms with van der Waals surface area (Å²) in [6, 6.07) is 8.16. The van der Waals surface area contributed by atoms with Crippen molar-refractivity contribution >= 4 is 23.7 Å². The maximum Gasteiger partial charge on any atom is 0.328 e. The number of carbonyl (C=O) groups is 3. The van der Waals surface area contributed by atoms with Gasteiger partial charge in [-0.1, -0.05) is 0 Å². The van der Waals surface area contributed by atoms with Gasteiger partial charge in [0.05, 0.1) is 26.4 Å². The van der Waals surface area contributed by atoms with Crippen LogP contribution in [-0.4, -0.2) is 61.3 Å². The molecular formula is C22H21NO9. The SMILES string of the molecule is COc1ccc(/C=C2\Oc3cc(OCC(=O)N[C@@H](CO)C(=O)O)ccc3C2=O)c(OC)c1. The maximum absolute atomic E-state index is 12.7. The fourth-order valence-corrected chi connectivity index (χ4v) is 2.91. The standard InChI is InChI=1S/C22H21NO9/c1-29-13-4-3-12(17(8-13)30-2)7-19-21(26)15-6-5-14(9-18(15)32-19)31-11-20(25)23-16(10-24)22(27)28/h3-9,16,24H,10-11H2,1-2H3,(H,23,25)(H,27,28)/b19-7-/t16-/m0/s1. The van der Waals surface area contributed by atoms with Crippen molar-refractivity contribution in [1.82, 2.24) is 5.32 Å². The molecule has 1 amide bonds. The van der Waals surface area contributed by atoms with E-state index in [1.807, 2.05) is 0 Å². The molecule has 3 rings (SSSR count). The second kappa shape index (κ2) is 9.84. The smallest absolute Gasteiger partial charge is 0.328 e. The molecule has 0 fully saturated rings. The largest absolute Gasteiger partial charge is 0.497 e. The zero-order chi connectivity index (χ0) is 23.3. The molecule has 2 aromatic rings. The number of fused-ring (bicyclic) bond motifs is 1. The number of hydrogen-bond donors (Lipinski definition) is 3. The van der Waals surface area contributed by atoms with Gasteiger partial charge in [0, 0.05) is 17.7 Å². The zero-order valence-electron chi connectivity index (χ0n) is 17.3. The third-order valence-electron chi connectivity index (χ3n) is 4.55. The second-order valence-corrected chi connectivity index (χ2v) is 6.64. The van der Waals surface area contributed by atoms with E-state index in [-0.39, 0.29) is 23.0 Å². The topological polar surface area (TPSA) is 141 Å². The van der Waals surface area contributed by atoms with Crippen molar-refractivity contribution in [3.8, 4) is 23.0 Å². The number of aliphatic hydroxyl groups excluding tert-OH is 1. The average Bonchev–Trinajstić information content (AvgIpc) is 3.10. The van der Waals surface area contributed by atoms with Crippen LogP contribution < -0.4 is 24.3 Å². The van der Waals surface area contributed by atoms with Crippen molar-refractivity contribution in [3.05, 3.63) is 53.3 Å². The number of carboxylic acids is 1. The Morgan fingerprint density at radius 2 is 1.88 bits per heavy atom. The highest BCUT2D eigenvalue weighted by atomic mass is 16.5. The van der Waals surface area contributed by atoms with Crippen molar-refractivity contribution < 1.29 is 43.5 Å². The monoisotopic (exact) mass is 443 g/mol. The average molecular weight is 443 g/mol. The van der Waals surface area contributed by atoms with Crippen LogP contribution in [0.1, 0.15) is 15.9 Å². The van der Waals surface area contributed by atoms with Crippen molar-refractivity contribution in [2.75, 3.05) is 27.4 Å². The molecule has 10 heteroatoms. The fourth-order valence-electron chi connectivity index (χ4n) is 2.91. The number of amides is 1. The molecule has 10 nitrogen and oxygen atoms in total. The molecule has 1 heterocycles. The molecule has 32 heavy (non-hydrogen) atoms. The minimum absolute atomic E-state index is 0.0885. The van der Waals surface area contributed by atoms with E-state index < -0.39 is 31.1 Å². The summed E-state index contributed by atoms with van der Waals surface area (Å²) in [6.45, 7) is -1.23. The number of nitrogens with one attached hydrogen (secondary N) is 1. The van der Waals surface area contributed by atoms with Gasteiger partial charge in [-0.05, 0) is 30.3 Å². The lowest BCUT2D eigenvalue weighted by molar-refractivity contribution is -0.143. The highest BCUT2D eigenvalue weighted by Gasteiger charge is 2.28. The second-order valence-electron chi connectivity index (χ2n) is 6.64. The summed E-state index contributed by atoms with van der Waals surface area (Å²) < 4.78 is 21.5. The number of allylic oxidation sites excluding steroid dienone is 1. The summed E-state index contributed by atoms with van der Waals surface area (Å²) in [5.41, 5.74) is 0.946. The molecule has 0 saturated heterocycles. The van der Waals surface area contributed by atoms with Crippen LogP contribution in [0.2, 0.25) is 0 Å². The fraction of sp³-hybridized carbons (Fsp3) is 0.227. The first-order valence-corrected chi connectivity index (χ1v) is 9.42. The van der Waals surface area contributed by atoms with Gasteiger partial charge in [0.15, 0.2) is 12.4 Å². The summed E-state index contributed by atoms with van der Waals surface area (Å²) in [5.74, 6) is -0.724. The van der Waals surface area contributed by atoms with E-state index in [0.717, 1.165) is 0 Å². The van der Waals surface area contributed by atoms with Gasteiger partial charge in [-0.2, -0.15) is 0 Å². The highest BCUT2D eigenvalue weighted by Crippen LogP contribution is 2.36. The third-order valence-corrected chi connectivity index (χ3v) is 4.55. The van der Waals surface area contributed by atoms with Gasteiger partial charge >= 0.3 is 5.97 Å². The van der Waals surface area contributed by atoms with Gasteiger partial charge in [0.25, 0.3) is 5.91 Å². The maximum atomic E-state index is 12.7. The molecule has 1 atom stereocenters. The highest BCUT2D eigenvalue weighted by molar-refractivity contribution is 6.14. The predicted octanol–water partition coefficient (Wildman–Crippen LogP) is 1.26. The van der Waals surface area contributed by atoms with E-state index in [1.54, 1.807) is 24.3 Å². The number of Topliss-reactive ketones (excluding diaryl/α,β-unsaturated/α-hetero) is 1. The molecule has 1 aliphatic heterocycles. The normalized spacial score (nSPS) is 14.3. The Labute approximate surface area is 183 Å². The Morgan fingerprint density at radius 1 is 1.12 bits per heavy atom. The first-order valence-electron chi connectivity index (χ1n) is 9.42. The van der Waals surface area contributed by atoms with Crippen LogP contribution in [0.15, 0.2) is 42.2 Å². The number of carboxylic acid groups (broad SMARTS) is 1. The zero-order valence-corrected chi connectivity index (χ0v) is 17.3. The van der Waals surface area contributed by atoms with Crippen molar-refractivity contribution in [2.45, 2.75) is 6.04 Å². The predicted molar refractivity (Wildman–Crippen MR) is 111 cm³/mol. The van der Waals surface area contributed by atoms with Gasteiger partial charge in [-0.15, -0.1) is 0 Å². The van der Waals surface area contributed by atoms with Crippen molar-refractivity contribution in [3.63, 3.8) is 0 Å². The van der Waals surface area contributed by atoms with Gasteiger partial charge < -0.3 is 34.5 Å². The summed E-state index contributed by atoms with van der Waals surface area (Å²) in [7, 11) is 3.04. The van der Waals surface area contributed by atoms with Crippen LogP contribution in [-0.2, 0) is 9.59 Å². The molecule has 1 aliphatic rings. The minimum atomic E-state index is -1.42. The molecular weight excluding hydrogens is 422 g/mol. The van der Waals surface area contributed by atoms with Crippen LogP contribution >= 0.6 is 0 Å². The van der Waals surface area contributed by atoms with Gasteiger partial charge in [0.2, 0.25) is 5.78 Å². The van der Waals surface area contributed by atoms with E-state index in [9.17, 15) is 14.4 Å². The third kappa shape index (κ3) is 4.98. The Morgan fingerprint density at radius 3 is 2.53 bits per heavy atom. The molecule has 0 aliphatic carbocycles. The summed E-state index contributed by atoms with van der Waals surface area (Å²) >= 11 is 0. The number of ketones is 1. The summed E-state index contributed by atoms with van der Waals surface area (Å²) in [6.07, 6.45) is 1.55. The number of benzene rings is 2. The van der Waals surface area contributed by atoms with E-state index in [2.05, 4.69) is 5.32 Å². The first-order chi connectivity index (χ1) is 15.4. The van der Waals surface area contributed by atoms with E-state index >= 15 is 0 Å². The van der Waals surface area contributed by atoms with Crippen LogP contribution in [0.4, 0.5) is 0 Å². The van der Waals surface area contributed by atoms with E-state index in [0.29, 0.717) is 22.6 Å². The molecule has 0 spiro atoms. The molecule has 3 N–H and O–H groups in total. The Hall–Kier alpha value is -4.05. The number of hydrogen-bond acceptors (Lipinski definition) is 8. The molecule has 168 valence electrons. The number of aliphatic carboxylic acids is 1. The van der Waals surface area contributed by atoms with Crippen LogP contribution in [0.3, 0.4) is 0 Å². The molecule has 0 radical (unpaired) electrons. The summed E-state index contributed by atoms with van der Waals surface area (Å²) in [5, 5.41) is 19.9. The number of ether oxygens (including phenoxy) is 4. The molecule has 0 aromatic heterocycles. The molecule has 0 unspecified atom stereocenters. The van der Waals surface area contributed by atoms with E-state index in [4.69, 9.17) is 29.2 Å². The van der Waals surface area contributed by atoms with Crippen LogP contribution in [0.5, 0.6) is 23.0 Å². The quantitative estimate of drug-likeness (QED) is 0.489. The number of aliphatic hydroxyl groups is 1. The minimum Gasteiger partial charge on any atom is -0.497 e. The molecule has 0 bridgehead atoms. The Kier molecular flexibility index (Phi) is 6.96.